The number of fused-ring (bicyclic) bond motifs is 1. The molecule has 2 aromatic heterocycles. The molecule has 7 nitrogen and oxygen atoms in total. The van der Waals surface area contributed by atoms with Crippen LogP contribution >= 0.6 is 11.6 Å². The fourth-order valence-electron chi connectivity index (χ4n) is 3.81. The van der Waals surface area contributed by atoms with Crippen LogP contribution in [0.25, 0.3) is 16.8 Å². The van der Waals surface area contributed by atoms with Gasteiger partial charge in [0.25, 0.3) is 11.7 Å². The number of nitrogens with one attached hydrogen (secondary N) is 1. The molecule has 1 fully saturated rings. The minimum atomic E-state index is -0.926. The summed E-state index contributed by atoms with van der Waals surface area (Å²) >= 11 is 5.95. The van der Waals surface area contributed by atoms with Crippen molar-refractivity contribution in [2.24, 2.45) is 0 Å². The molecule has 0 aliphatic carbocycles. The molecule has 1 atom stereocenters. The van der Waals surface area contributed by atoms with Crippen LogP contribution in [0.5, 0.6) is 0 Å². The number of aliphatic hydroxyl groups excluding tert-OH is 1. The molecular formula is C23H16ClN3O4. The highest BCUT2D eigenvalue weighted by molar-refractivity contribution is 6.51. The van der Waals surface area contributed by atoms with E-state index in [2.05, 4.69) is 9.97 Å². The monoisotopic (exact) mass is 433 g/mol. The number of H-pyrrole nitrogens is 1. The highest BCUT2D eigenvalue weighted by Crippen LogP contribution is 2.43. The second kappa shape index (κ2) is 7.14. The molecule has 0 radical (unpaired) electrons. The Morgan fingerprint density at radius 3 is 2.61 bits per heavy atom. The summed E-state index contributed by atoms with van der Waals surface area (Å²) in [6, 6.07) is 14.1. The van der Waals surface area contributed by atoms with Gasteiger partial charge in [0.2, 0.25) is 0 Å². The topological polar surface area (TPSA) is 99.4 Å². The quantitative estimate of drug-likeness (QED) is 0.276. The van der Waals surface area contributed by atoms with E-state index in [-0.39, 0.29) is 11.3 Å². The molecule has 8 heteroatoms. The number of rotatable bonds is 3. The highest BCUT2D eigenvalue weighted by atomic mass is 35.5. The third-order valence-electron chi connectivity index (χ3n) is 5.27. The van der Waals surface area contributed by atoms with Crippen molar-refractivity contribution in [3.8, 4) is 0 Å². The predicted octanol–water partition coefficient (Wildman–Crippen LogP) is 4.74. The molecule has 154 valence electrons. The second-order valence-corrected chi connectivity index (χ2v) is 7.66. The summed E-state index contributed by atoms with van der Waals surface area (Å²) < 4.78 is 5.79. The Morgan fingerprint density at radius 2 is 1.90 bits per heavy atom. The summed E-state index contributed by atoms with van der Waals surface area (Å²) in [5, 5.41) is 11.5. The number of Topliss-reactive ketones (excluding diaryl/α,β-unsaturated/α-hetero) is 1. The van der Waals surface area contributed by atoms with E-state index in [0.717, 1.165) is 5.52 Å². The van der Waals surface area contributed by atoms with Gasteiger partial charge in [-0.1, -0.05) is 11.6 Å². The van der Waals surface area contributed by atoms with Gasteiger partial charge in [-0.25, -0.2) is 4.98 Å². The number of aromatic nitrogens is 2. The van der Waals surface area contributed by atoms with E-state index in [1.54, 1.807) is 67.8 Å². The van der Waals surface area contributed by atoms with Crippen LogP contribution in [0.2, 0.25) is 5.02 Å². The molecule has 0 spiro atoms. The van der Waals surface area contributed by atoms with Crippen LogP contribution in [0, 0.1) is 6.92 Å². The van der Waals surface area contributed by atoms with Crippen molar-refractivity contribution in [1.29, 1.82) is 0 Å². The van der Waals surface area contributed by atoms with Crippen molar-refractivity contribution < 1.29 is 19.1 Å². The number of aryl methyl sites for hydroxylation is 1. The smallest absolute Gasteiger partial charge is 0.300 e. The molecule has 1 unspecified atom stereocenters. The number of hydrogen-bond donors (Lipinski definition) is 2. The maximum absolute atomic E-state index is 13.1. The zero-order chi connectivity index (χ0) is 21.7. The lowest BCUT2D eigenvalue weighted by atomic mass is 9.99. The molecule has 4 aromatic rings. The maximum atomic E-state index is 13.1. The number of nitrogens with zero attached hydrogens (tertiary/aromatic N) is 2. The van der Waals surface area contributed by atoms with Crippen molar-refractivity contribution in [3.05, 3.63) is 88.6 Å². The van der Waals surface area contributed by atoms with Gasteiger partial charge in [-0.2, -0.15) is 0 Å². The van der Waals surface area contributed by atoms with Crippen LogP contribution in [-0.4, -0.2) is 26.8 Å². The van der Waals surface area contributed by atoms with Gasteiger partial charge in [-0.15, -0.1) is 0 Å². The van der Waals surface area contributed by atoms with Gasteiger partial charge in [0.15, 0.2) is 0 Å². The molecule has 2 N–H and O–H groups in total. The van der Waals surface area contributed by atoms with Crippen molar-refractivity contribution in [1.82, 2.24) is 9.97 Å². The largest absolute Gasteiger partial charge is 0.507 e. The molecule has 1 aliphatic heterocycles. The Kier molecular flexibility index (Phi) is 4.41. The van der Waals surface area contributed by atoms with Crippen LogP contribution in [0.15, 0.2) is 70.9 Å². The minimum Gasteiger partial charge on any atom is -0.507 e. The number of carbonyl (C=O) groups is 2. The van der Waals surface area contributed by atoms with Crippen molar-refractivity contribution in [2.45, 2.75) is 13.0 Å². The maximum Gasteiger partial charge on any atom is 0.300 e. The number of benzene rings is 2. The molecule has 3 heterocycles. The number of anilines is 1. The normalized spacial score (nSPS) is 18.3. The lowest BCUT2D eigenvalue weighted by Gasteiger charge is -2.23. The number of aromatic amines is 1. The third kappa shape index (κ3) is 3.10. The number of imidazole rings is 1. The zero-order valence-electron chi connectivity index (χ0n) is 16.3. The summed E-state index contributed by atoms with van der Waals surface area (Å²) in [6.45, 7) is 1.77. The fraction of sp³-hybridized carbons (Fsp3) is 0.0870. The SMILES string of the molecule is Cc1ccc(C2/C(=C(\O)c3ccc(Cl)cc3)C(=O)C(=O)N2c2ccc3nc[nH]c3c2)o1. The van der Waals surface area contributed by atoms with E-state index in [4.69, 9.17) is 16.0 Å². The van der Waals surface area contributed by atoms with E-state index in [9.17, 15) is 14.7 Å². The number of aliphatic hydroxyl groups is 1. The fourth-order valence-corrected chi connectivity index (χ4v) is 3.93. The van der Waals surface area contributed by atoms with Gasteiger partial charge < -0.3 is 14.5 Å². The number of carbonyl (C=O) groups excluding carboxylic acids is 2. The molecule has 0 saturated carbocycles. The van der Waals surface area contributed by atoms with E-state index in [0.29, 0.717) is 33.3 Å². The third-order valence-corrected chi connectivity index (χ3v) is 5.53. The summed E-state index contributed by atoms with van der Waals surface area (Å²) in [5.41, 5.74) is 2.25. The lowest BCUT2D eigenvalue weighted by molar-refractivity contribution is -0.132. The summed E-state index contributed by atoms with van der Waals surface area (Å²) in [6.07, 6.45) is 1.55. The molecule has 1 saturated heterocycles. The standard InChI is InChI=1S/C23H16ClN3O4/c1-12-2-9-18(31-12)20-19(21(28)13-3-5-14(24)6-4-13)22(29)23(30)27(20)15-7-8-16-17(10-15)26-11-25-16/h2-11,20,28H,1H3,(H,25,26)/b21-19+. The summed E-state index contributed by atoms with van der Waals surface area (Å²) in [4.78, 5) is 34.7. The van der Waals surface area contributed by atoms with Gasteiger partial charge in [0.1, 0.15) is 23.3 Å². The van der Waals surface area contributed by atoms with Crippen molar-refractivity contribution in [3.63, 3.8) is 0 Å². The Morgan fingerprint density at radius 1 is 1.13 bits per heavy atom. The van der Waals surface area contributed by atoms with Gasteiger partial charge in [0, 0.05) is 16.3 Å². The van der Waals surface area contributed by atoms with E-state index >= 15 is 0 Å². The first-order valence-corrected chi connectivity index (χ1v) is 9.88. The summed E-state index contributed by atoms with van der Waals surface area (Å²) in [7, 11) is 0. The lowest BCUT2D eigenvalue weighted by Crippen LogP contribution is -2.29. The molecule has 31 heavy (non-hydrogen) atoms. The predicted molar refractivity (Wildman–Crippen MR) is 116 cm³/mol. The van der Waals surface area contributed by atoms with E-state index in [1.165, 1.54) is 4.90 Å². The van der Waals surface area contributed by atoms with Gasteiger partial charge in [-0.3, -0.25) is 14.5 Å². The number of hydrogen-bond acceptors (Lipinski definition) is 5. The van der Waals surface area contributed by atoms with Crippen LogP contribution in [0.4, 0.5) is 5.69 Å². The molecular weight excluding hydrogens is 418 g/mol. The first-order valence-electron chi connectivity index (χ1n) is 9.50. The molecule has 2 aromatic carbocycles. The average Bonchev–Trinajstić information content (AvgIpc) is 3.46. The van der Waals surface area contributed by atoms with E-state index < -0.39 is 17.7 Å². The Bertz CT molecular complexity index is 1370. The summed E-state index contributed by atoms with van der Waals surface area (Å²) in [5.74, 6) is -0.850. The second-order valence-electron chi connectivity index (χ2n) is 7.23. The molecule has 1 aliphatic rings. The zero-order valence-corrected chi connectivity index (χ0v) is 17.1. The van der Waals surface area contributed by atoms with Crippen molar-refractivity contribution in [2.75, 3.05) is 4.90 Å². The number of amides is 1. The van der Waals surface area contributed by atoms with Crippen LogP contribution < -0.4 is 4.90 Å². The Labute approximate surface area is 181 Å². The van der Waals surface area contributed by atoms with Gasteiger partial charge in [0.05, 0.1) is 22.9 Å². The minimum absolute atomic E-state index is 0.0496. The first kappa shape index (κ1) is 19.1. The van der Waals surface area contributed by atoms with Crippen LogP contribution in [0.3, 0.4) is 0 Å². The van der Waals surface area contributed by atoms with Crippen molar-refractivity contribution >= 4 is 45.8 Å². The molecule has 1 amide bonds. The average molecular weight is 434 g/mol. The van der Waals surface area contributed by atoms with E-state index in [1.807, 2.05) is 0 Å². The number of furan rings is 1. The van der Waals surface area contributed by atoms with Gasteiger partial charge >= 0.3 is 0 Å². The van der Waals surface area contributed by atoms with Crippen LogP contribution in [0.1, 0.15) is 23.1 Å². The number of halogens is 1. The first-order chi connectivity index (χ1) is 14.9. The van der Waals surface area contributed by atoms with Gasteiger partial charge in [-0.05, 0) is 61.5 Å². The molecule has 5 rings (SSSR count). The number of ketones is 1. The molecule has 0 bridgehead atoms. The highest BCUT2D eigenvalue weighted by Gasteiger charge is 2.48. The van der Waals surface area contributed by atoms with Crippen LogP contribution in [-0.2, 0) is 9.59 Å². The Hall–Kier alpha value is -3.84. The Balaban J connectivity index is 1.72.